The Labute approximate surface area is 186 Å². The van der Waals surface area contributed by atoms with Gasteiger partial charge in [-0.2, -0.15) is 0 Å². The lowest BCUT2D eigenvalue weighted by molar-refractivity contribution is 0.0917. The summed E-state index contributed by atoms with van der Waals surface area (Å²) in [6.07, 6.45) is 5.90. The smallest absolute Gasteiger partial charge is 0.266 e. The zero-order valence-corrected chi connectivity index (χ0v) is 18.3. The van der Waals surface area contributed by atoms with E-state index in [4.69, 9.17) is 11.6 Å². The van der Waals surface area contributed by atoms with Crippen LogP contribution in [0.2, 0.25) is 5.02 Å². The van der Waals surface area contributed by atoms with Crippen molar-refractivity contribution in [1.82, 2.24) is 10.3 Å². The minimum absolute atomic E-state index is 0.0771. The summed E-state index contributed by atoms with van der Waals surface area (Å²) in [6, 6.07) is 16.9. The van der Waals surface area contributed by atoms with E-state index in [1.807, 2.05) is 0 Å². The Morgan fingerprint density at radius 1 is 1.10 bits per heavy atom. The molecule has 0 unspecified atom stereocenters. The Bertz CT molecular complexity index is 1160. The molecule has 1 fully saturated rings. The van der Waals surface area contributed by atoms with Crippen molar-refractivity contribution in [2.45, 2.75) is 36.7 Å². The Balaban J connectivity index is 1.71. The molecule has 8 heteroatoms. The van der Waals surface area contributed by atoms with Crippen molar-refractivity contribution in [2.75, 3.05) is 4.31 Å². The molecule has 1 amide bonds. The van der Waals surface area contributed by atoms with Crippen molar-refractivity contribution >= 4 is 33.2 Å². The monoisotopic (exact) mass is 455 g/mol. The van der Waals surface area contributed by atoms with E-state index in [0.29, 0.717) is 16.3 Å². The van der Waals surface area contributed by atoms with Gasteiger partial charge in [0.25, 0.3) is 15.9 Å². The Morgan fingerprint density at radius 3 is 2.52 bits per heavy atom. The zero-order chi connectivity index (χ0) is 21.8. The van der Waals surface area contributed by atoms with Crippen molar-refractivity contribution < 1.29 is 13.2 Å². The van der Waals surface area contributed by atoms with E-state index in [2.05, 4.69) is 10.3 Å². The normalized spacial score (nSPS) is 14.0. The first-order valence-corrected chi connectivity index (χ1v) is 11.8. The molecule has 1 heterocycles. The predicted octanol–water partition coefficient (Wildman–Crippen LogP) is 4.41. The molecule has 0 bridgehead atoms. The van der Waals surface area contributed by atoms with E-state index in [0.717, 1.165) is 24.8 Å². The van der Waals surface area contributed by atoms with Crippen molar-refractivity contribution in [1.29, 1.82) is 0 Å². The number of rotatable bonds is 7. The lowest BCUT2D eigenvalue weighted by Crippen LogP contribution is -2.39. The molecule has 31 heavy (non-hydrogen) atoms. The van der Waals surface area contributed by atoms with Gasteiger partial charge in [0.15, 0.2) is 0 Å². The summed E-state index contributed by atoms with van der Waals surface area (Å²) in [5, 5.41) is 3.56. The van der Waals surface area contributed by atoms with Gasteiger partial charge in [0.05, 0.1) is 12.2 Å². The summed E-state index contributed by atoms with van der Waals surface area (Å²) in [4.78, 5) is 16.7. The van der Waals surface area contributed by atoms with Gasteiger partial charge in [-0.1, -0.05) is 29.8 Å². The van der Waals surface area contributed by atoms with E-state index in [1.165, 1.54) is 22.8 Å². The van der Waals surface area contributed by atoms with Crippen molar-refractivity contribution in [3.63, 3.8) is 0 Å². The predicted molar refractivity (Wildman–Crippen MR) is 121 cm³/mol. The largest absolute Gasteiger partial charge is 0.349 e. The average Bonchev–Trinajstić information content (AvgIpc) is 2.76. The number of aromatic nitrogens is 1. The maximum absolute atomic E-state index is 13.5. The first-order chi connectivity index (χ1) is 14.9. The van der Waals surface area contributed by atoms with Crippen LogP contribution >= 0.6 is 11.6 Å². The van der Waals surface area contributed by atoms with Crippen molar-refractivity contribution in [3.8, 4) is 0 Å². The maximum Gasteiger partial charge on any atom is 0.266 e. The number of carbonyl (C=O) groups is 1. The summed E-state index contributed by atoms with van der Waals surface area (Å²) in [5.41, 5.74) is 1.59. The van der Waals surface area contributed by atoms with Crippen molar-refractivity contribution in [3.05, 3.63) is 89.2 Å². The Kier molecular flexibility index (Phi) is 6.25. The van der Waals surface area contributed by atoms with Crippen LogP contribution in [0.4, 0.5) is 5.69 Å². The van der Waals surface area contributed by atoms with Gasteiger partial charge in [-0.05, 0) is 67.3 Å². The number of anilines is 1. The fraction of sp³-hybridized carbons (Fsp3) is 0.217. The van der Waals surface area contributed by atoms with E-state index >= 15 is 0 Å². The van der Waals surface area contributed by atoms with E-state index in [9.17, 15) is 13.2 Å². The molecular weight excluding hydrogens is 434 g/mol. The molecule has 0 atom stereocenters. The summed E-state index contributed by atoms with van der Waals surface area (Å²) in [6.45, 7) is 0.0854. The highest BCUT2D eigenvalue weighted by atomic mass is 35.5. The molecule has 160 valence electrons. The number of amides is 1. The molecule has 0 saturated heterocycles. The third-order valence-corrected chi connectivity index (χ3v) is 7.31. The number of carbonyl (C=O) groups excluding carboxylic acids is 1. The van der Waals surface area contributed by atoms with Crippen LogP contribution in [0.3, 0.4) is 0 Å². The van der Waals surface area contributed by atoms with E-state index in [1.54, 1.807) is 54.6 Å². The molecule has 6 nitrogen and oxygen atoms in total. The molecule has 4 rings (SSSR count). The van der Waals surface area contributed by atoms with Crippen LogP contribution in [0.25, 0.3) is 0 Å². The molecule has 1 aromatic heterocycles. The van der Waals surface area contributed by atoms with Crippen molar-refractivity contribution in [2.24, 2.45) is 0 Å². The average molecular weight is 456 g/mol. The Morgan fingerprint density at radius 2 is 1.87 bits per heavy atom. The molecule has 1 saturated carbocycles. The number of pyridine rings is 1. The molecule has 0 radical (unpaired) electrons. The van der Waals surface area contributed by atoms with Gasteiger partial charge in [-0.25, -0.2) is 8.42 Å². The van der Waals surface area contributed by atoms with E-state index < -0.39 is 10.0 Å². The SMILES string of the molecule is O=C(NC1CCC1)c1cccc(N(Cc2ccc(Cl)cc2)S(=O)(=O)c2cccnc2)c1. The van der Waals surface area contributed by atoms with Gasteiger partial charge < -0.3 is 5.32 Å². The van der Waals surface area contributed by atoms with Crippen LogP contribution in [-0.4, -0.2) is 25.4 Å². The number of sulfonamides is 1. The summed E-state index contributed by atoms with van der Waals surface area (Å²) >= 11 is 5.98. The second kappa shape index (κ2) is 9.08. The third kappa shape index (κ3) is 4.89. The van der Waals surface area contributed by atoms with Gasteiger partial charge in [-0.15, -0.1) is 0 Å². The molecular formula is C23H22ClN3O3S. The van der Waals surface area contributed by atoms with Crippen LogP contribution in [0.15, 0.2) is 78.0 Å². The van der Waals surface area contributed by atoms with Crippen LogP contribution in [0, 0.1) is 0 Å². The van der Waals surface area contributed by atoms with Crippen LogP contribution in [0.5, 0.6) is 0 Å². The minimum atomic E-state index is -3.92. The zero-order valence-electron chi connectivity index (χ0n) is 16.7. The van der Waals surface area contributed by atoms with E-state index in [-0.39, 0.29) is 23.4 Å². The molecule has 2 aromatic carbocycles. The standard InChI is InChI=1S/C23H22ClN3O3S/c24-19-11-9-17(10-12-19)16-27(31(29,30)22-8-3-13-25-15-22)21-7-1-4-18(14-21)23(28)26-20-5-2-6-20/h1,3-4,7-15,20H,2,5-6,16H2,(H,26,28). The summed E-state index contributed by atoms with van der Waals surface area (Å²) in [5.74, 6) is -0.197. The molecule has 0 spiro atoms. The maximum atomic E-state index is 13.5. The number of hydrogen-bond donors (Lipinski definition) is 1. The molecule has 1 N–H and O–H groups in total. The molecule has 0 aliphatic heterocycles. The number of nitrogens with zero attached hydrogens (tertiary/aromatic N) is 2. The summed E-state index contributed by atoms with van der Waals surface area (Å²) in [7, 11) is -3.92. The topological polar surface area (TPSA) is 79.4 Å². The van der Waals surface area contributed by atoms with Crippen LogP contribution < -0.4 is 9.62 Å². The lowest BCUT2D eigenvalue weighted by Gasteiger charge is -2.27. The molecule has 3 aromatic rings. The Hall–Kier alpha value is -2.90. The first-order valence-electron chi connectivity index (χ1n) is 10.0. The summed E-state index contributed by atoms with van der Waals surface area (Å²) < 4.78 is 28.2. The van der Waals surface area contributed by atoms with Crippen LogP contribution in [0.1, 0.15) is 35.2 Å². The molecule has 1 aliphatic carbocycles. The van der Waals surface area contributed by atoms with Crippen LogP contribution in [-0.2, 0) is 16.6 Å². The fourth-order valence-electron chi connectivity index (χ4n) is 3.32. The highest BCUT2D eigenvalue weighted by Crippen LogP contribution is 2.27. The van der Waals surface area contributed by atoms with Gasteiger partial charge in [0.2, 0.25) is 0 Å². The first kappa shape index (κ1) is 21.3. The highest BCUT2D eigenvalue weighted by Gasteiger charge is 2.27. The van der Waals surface area contributed by atoms with Gasteiger partial charge in [0.1, 0.15) is 4.90 Å². The third-order valence-electron chi connectivity index (χ3n) is 5.30. The molecule has 1 aliphatic rings. The minimum Gasteiger partial charge on any atom is -0.349 e. The number of nitrogens with one attached hydrogen (secondary N) is 1. The second-order valence-electron chi connectivity index (χ2n) is 7.48. The number of hydrogen-bond acceptors (Lipinski definition) is 4. The van der Waals surface area contributed by atoms with Gasteiger partial charge >= 0.3 is 0 Å². The number of benzene rings is 2. The van der Waals surface area contributed by atoms with Gasteiger partial charge in [0, 0.05) is 29.0 Å². The fourth-order valence-corrected chi connectivity index (χ4v) is 4.86. The van der Waals surface area contributed by atoms with Gasteiger partial charge in [-0.3, -0.25) is 14.1 Å². The lowest BCUT2D eigenvalue weighted by atomic mass is 9.93. The quantitative estimate of drug-likeness (QED) is 0.572. The number of halogens is 1. The second-order valence-corrected chi connectivity index (χ2v) is 9.78. The highest BCUT2D eigenvalue weighted by molar-refractivity contribution is 7.92.